The molecule has 1 aliphatic rings. The van der Waals surface area contributed by atoms with E-state index in [1.54, 1.807) is 19.2 Å². The normalized spacial score (nSPS) is 15.0. The zero-order chi connectivity index (χ0) is 17.5. The highest BCUT2D eigenvalue weighted by Gasteiger charge is 2.27. The Bertz CT molecular complexity index is 907. The van der Waals surface area contributed by atoms with Crippen molar-refractivity contribution in [1.82, 2.24) is 19.3 Å². The summed E-state index contributed by atoms with van der Waals surface area (Å²) in [5, 5.41) is 0.605. The van der Waals surface area contributed by atoms with Crippen LogP contribution in [0.15, 0.2) is 12.3 Å². The van der Waals surface area contributed by atoms with Crippen molar-refractivity contribution in [1.29, 1.82) is 0 Å². The van der Waals surface area contributed by atoms with E-state index in [9.17, 15) is 13.2 Å². The van der Waals surface area contributed by atoms with Crippen LogP contribution in [0.1, 0.15) is 29.0 Å². The minimum Gasteiger partial charge on any atom is -0.356 e. The summed E-state index contributed by atoms with van der Waals surface area (Å²) in [6, 6.07) is 1.62. The van der Waals surface area contributed by atoms with Crippen molar-refractivity contribution >= 4 is 32.8 Å². The van der Waals surface area contributed by atoms with Gasteiger partial charge >= 0.3 is 0 Å². The van der Waals surface area contributed by atoms with Crippen LogP contribution >= 0.6 is 0 Å². The Morgan fingerprint density at radius 3 is 2.54 bits per heavy atom. The smallest absolute Gasteiger partial charge is 0.270 e. The molecule has 2 aromatic rings. The molecule has 3 heterocycles. The molecule has 8 nitrogen and oxygen atoms in total. The molecule has 0 saturated carbocycles. The summed E-state index contributed by atoms with van der Waals surface area (Å²) in [5.41, 5.74) is 0.757. The SMILES string of the molecule is Cc1ncc2cc(C(=O)N(C)S(C)(=O)=O)c(N3CCCC3)nc2n1. The van der Waals surface area contributed by atoms with E-state index in [0.717, 1.165) is 36.5 Å². The fraction of sp³-hybridized carbons (Fsp3) is 0.467. The third-order valence-corrected chi connectivity index (χ3v) is 5.25. The number of hydrogen-bond acceptors (Lipinski definition) is 7. The molecule has 0 atom stereocenters. The van der Waals surface area contributed by atoms with Crippen LogP contribution in [0, 0.1) is 6.92 Å². The average molecular weight is 349 g/mol. The molecule has 1 aliphatic heterocycles. The number of pyridine rings is 1. The molecule has 9 heteroatoms. The number of anilines is 1. The molecule has 0 spiro atoms. The second-order valence-electron chi connectivity index (χ2n) is 5.92. The Balaban J connectivity index is 2.18. The van der Waals surface area contributed by atoms with Crippen molar-refractivity contribution in [2.45, 2.75) is 19.8 Å². The molecule has 0 bridgehead atoms. The molecule has 1 amide bonds. The van der Waals surface area contributed by atoms with Gasteiger partial charge in [0.2, 0.25) is 10.0 Å². The second kappa shape index (κ2) is 5.97. The van der Waals surface area contributed by atoms with E-state index in [2.05, 4.69) is 15.0 Å². The number of carbonyl (C=O) groups excluding carboxylic acids is 1. The van der Waals surface area contributed by atoms with Gasteiger partial charge in [-0.3, -0.25) is 4.79 Å². The van der Waals surface area contributed by atoms with E-state index in [0.29, 0.717) is 22.7 Å². The minimum absolute atomic E-state index is 0.254. The third-order valence-electron chi connectivity index (χ3n) is 4.09. The van der Waals surface area contributed by atoms with Crippen molar-refractivity contribution in [3.8, 4) is 0 Å². The highest BCUT2D eigenvalue weighted by Crippen LogP contribution is 2.27. The van der Waals surface area contributed by atoms with E-state index in [1.165, 1.54) is 7.05 Å². The maximum atomic E-state index is 12.7. The van der Waals surface area contributed by atoms with E-state index in [4.69, 9.17) is 0 Å². The molecule has 0 N–H and O–H groups in total. The summed E-state index contributed by atoms with van der Waals surface area (Å²) in [4.78, 5) is 27.7. The number of sulfonamides is 1. The first-order chi connectivity index (χ1) is 11.3. The monoisotopic (exact) mass is 349 g/mol. The zero-order valence-electron chi connectivity index (χ0n) is 13.9. The second-order valence-corrected chi connectivity index (χ2v) is 7.93. The molecule has 0 aliphatic carbocycles. The van der Waals surface area contributed by atoms with Crippen molar-refractivity contribution in [2.24, 2.45) is 0 Å². The molecule has 2 aromatic heterocycles. The highest BCUT2D eigenvalue weighted by molar-refractivity contribution is 7.88. The van der Waals surface area contributed by atoms with Crippen molar-refractivity contribution in [2.75, 3.05) is 31.3 Å². The molecule has 24 heavy (non-hydrogen) atoms. The van der Waals surface area contributed by atoms with E-state index < -0.39 is 15.9 Å². The summed E-state index contributed by atoms with van der Waals surface area (Å²) in [7, 11) is -2.39. The Kier molecular flexibility index (Phi) is 4.12. The molecule has 0 aromatic carbocycles. The lowest BCUT2D eigenvalue weighted by Crippen LogP contribution is -2.34. The van der Waals surface area contributed by atoms with Gasteiger partial charge in [-0.2, -0.15) is 0 Å². The summed E-state index contributed by atoms with van der Waals surface area (Å²) < 4.78 is 24.2. The number of aromatic nitrogens is 3. The topological polar surface area (TPSA) is 96.4 Å². The van der Waals surface area contributed by atoms with Gasteiger partial charge < -0.3 is 4.90 Å². The molecule has 0 unspecified atom stereocenters. The van der Waals surface area contributed by atoms with Crippen LogP contribution in [-0.4, -0.2) is 60.0 Å². The van der Waals surface area contributed by atoms with Crippen molar-refractivity contribution in [3.05, 3.63) is 23.7 Å². The number of amides is 1. The van der Waals surface area contributed by atoms with Gasteiger partial charge in [-0.25, -0.2) is 27.7 Å². The van der Waals surface area contributed by atoms with Gasteiger partial charge in [-0.1, -0.05) is 0 Å². The number of hydrogen-bond donors (Lipinski definition) is 0. The standard InChI is InChI=1S/C15H19N5O3S/c1-10-16-9-11-8-12(15(21)19(2)24(3,22)23)14(18-13(11)17-10)20-6-4-5-7-20/h8-9H,4-7H2,1-3H3. The fourth-order valence-corrected chi connectivity index (χ4v) is 3.09. The van der Waals surface area contributed by atoms with Gasteiger partial charge in [0.15, 0.2) is 5.65 Å². The summed E-state index contributed by atoms with van der Waals surface area (Å²) in [6.45, 7) is 3.34. The predicted molar refractivity (Wildman–Crippen MR) is 90.5 cm³/mol. The van der Waals surface area contributed by atoms with Gasteiger partial charge in [0.25, 0.3) is 5.91 Å². The summed E-state index contributed by atoms with van der Waals surface area (Å²) in [5.74, 6) is 0.475. The van der Waals surface area contributed by atoms with Crippen molar-refractivity contribution < 1.29 is 13.2 Å². The van der Waals surface area contributed by atoms with Gasteiger partial charge in [-0.05, 0) is 25.8 Å². The minimum atomic E-state index is -3.64. The van der Waals surface area contributed by atoms with Gasteiger partial charge in [0.05, 0.1) is 11.8 Å². The highest BCUT2D eigenvalue weighted by atomic mass is 32.2. The molecular weight excluding hydrogens is 330 g/mol. The number of carbonyl (C=O) groups is 1. The average Bonchev–Trinajstić information content (AvgIpc) is 3.05. The summed E-state index contributed by atoms with van der Waals surface area (Å²) in [6.07, 6.45) is 4.62. The van der Waals surface area contributed by atoms with Crippen LogP contribution < -0.4 is 4.90 Å². The zero-order valence-corrected chi connectivity index (χ0v) is 14.7. The Morgan fingerprint density at radius 2 is 1.92 bits per heavy atom. The van der Waals surface area contributed by atoms with Crippen LogP contribution in [0.25, 0.3) is 11.0 Å². The number of aryl methyl sites for hydroxylation is 1. The molecular formula is C15H19N5O3S. The number of fused-ring (bicyclic) bond motifs is 1. The molecule has 1 fully saturated rings. The first-order valence-electron chi connectivity index (χ1n) is 7.65. The molecule has 1 saturated heterocycles. The Labute approximate surface area is 140 Å². The molecule has 0 radical (unpaired) electrons. The van der Waals surface area contributed by atoms with Crippen LogP contribution in [0.4, 0.5) is 5.82 Å². The van der Waals surface area contributed by atoms with Crippen LogP contribution in [-0.2, 0) is 10.0 Å². The van der Waals surface area contributed by atoms with E-state index in [-0.39, 0.29) is 5.56 Å². The van der Waals surface area contributed by atoms with Gasteiger partial charge in [0, 0.05) is 31.7 Å². The van der Waals surface area contributed by atoms with Crippen LogP contribution in [0.2, 0.25) is 0 Å². The van der Waals surface area contributed by atoms with Crippen LogP contribution in [0.3, 0.4) is 0 Å². The first-order valence-corrected chi connectivity index (χ1v) is 9.50. The fourth-order valence-electron chi connectivity index (χ4n) is 2.69. The third kappa shape index (κ3) is 3.03. The lowest BCUT2D eigenvalue weighted by molar-refractivity contribution is 0.0884. The maximum absolute atomic E-state index is 12.7. The number of nitrogens with zero attached hydrogens (tertiary/aromatic N) is 5. The van der Waals surface area contributed by atoms with Crippen LogP contribution in [0.5, 0.6) is 0 Å². The maximum Gasteiger partial charge on any atom is 0.270 e. The van der Waals surface area contributed by atoms with Gasteiger partial charge in [-0.15, -0.1) is 0 Å². The van der Waals surface area contributed by atoms with E-state index >= 15 is 0 Å². The number of rotatable bonds is 3. The Morgan fingerprint density at radius 1 is 1.25 bits per heavy atom. The largest absolute Gasteiger partial charge is 0.356 e. The molecule has 128 valence electrons. The summed E-state index contributed by atoms with van der Waals surface area (Å²) >= 11 is 0. The van der Waals surface area contributed by atoms with Crippen molar-refractivity contribution in [3.63, 3.8) is 0 Å². The quantitative estimate of drug-likeness (QED) is 0.814. The van der Waals surface area contributed by atoms with E-state index in [1.807, 2.05) is 4.90 Å². The Hall–Kier alpha value is -2.29. The van der Waals surface area contributed by atoms with Gasteiger partial charge in [0.1, 0.15) is 11.6 Å². The first kappa shape index (κ1) is 16.6. The lowest BCUT2D eigenvalue weighted by atomic mass is 10.2. The molecule has 3 rings (SSSR count). The lowest BCUT2D eigenvalue weighted by Gasteiger charge is -2.22. The predicted octanol–water partition coefficient (Wildman–Crippen LogP) is 0.965.